The van der Waals surface area contributed by atoms with Crippen LogP contribution in [0.4, 0.5) is 10.2 Å². The molecule has 0 bridgehead atoms. The third-order valence-electron chi connectivity index (χ3n) is 4.51. The molecule has 110 valence electrons. The lowest BCUT2D eigenvalue weighted by Gasteiger charge is -2.14. The summed E-state index contributed by atoms with van der Waals surface area (Å²) in [4.78, 5) is 11.1. The van der Waals surface area contributed by atoms with Crippen LogP contribution in [0.15, 0.2) is 17.8 Å². The Labute approximate surface area is 117 Å². The third-order valence-corrected chi connectivity index (χ3v) is 4.51. The summed E-state index contributed by atoms with van der Waals surface area (Å²) in [5.41, 5.74) is 5.17. The fraction of sp³-hybridized carbons (Fsp3) is 0.417. The van der Waals surface area contributed by atoms with Gasteiger partial charge in [-0.3, -0.25) is 0 Å². The molecule has 2 aromatic heterocycles. The molecule has 0 amide bonds. The first-order valence-corrected chi connectivity index (χ1v) is 6.38. The normalized spacial score (nSPS) is 31.0. The van der Waals surface area contributed by atoms with E-state index in [1.165, 1.54) is 10.9 Å². The fourth-order valence-electron chi connectivity index (χ4n) is 3.30. The number of nitrogen functional groups attached to an aromatic ring is 1. The van der Waals surface area contributed by atoms with E-state index in [2.05, 4.69) is 15.0 Å². The molecule has 2 heterocycles. The number of allylic oxidation sites excluding steroid dienone is 1. The fourth-order valence-corrected chi connectivity index (χ4v) is 3.30. The molecule has 9 heteroatoms. The van der Waals surface area contributed by atoms with Gasteiger partial charge in [0.2, 0.25) is 0 Å². The number of hydrogen-bond acceptors (Lipinski definition) is 7. The topological polar surface area (TPSA) is 130 Å². The second kappa shape index (κ2) is 3.61. The van der Waals surface area contributed by atoms with Gasteiger partial charge in [0.25, 0.3) is 0 Å². The van der Waals surface area contributed by atoms with E-state index in [0.29, 0.717) is 6.42 Å². The Morgan fingerprint density at radius 3 is 2.86 bits per heavy atom. The van der Waals surface area contributed by atoms with E-state index in [9.17, 15) is 19.7 Å². The summed E-state index contributed by atoms with van der Waals surface area (Å²) in [5.74, 6) is -0.744. The lowest BCUT2D eigenvalue weighted by atomic mass is 10.1. The van der Waals surface area contributed by atoms with Gasteiger partial charge in [-0.2, -0.15) is 14.4 Å². The summed E-state index contributed by atoms with van der Waals surface area (Å²) in [6.07, 6.45) is 0.915. The van der Waals surface area contributed by atoms with Crippen LogP contribution in [0.1, 0.15) is 12.5 Å². The standard InChI is InChI=1S/C12H12FN5O3/c13-11-16-9(14)5-10(17-11)18(3-15-5)6-4-1-12(4,2-19)8(21)7(6)20/h3-4,6,19-21H,1-2H2,(H2,14,16,17)/t4-,6-,12+/m1/s1. The minimum Gasteiger partial charge on any atom is -0.508 e. The van der Waals surface area contributed by atoms with Crippen molar-refractivity contribution in [2.24, 2.45) is 11.3 Å². The molecule has 2 aliphatic rings. The van der Waals surface area contributed by atoms with Crippen molar-refractivity contribution in [1.29, 1.82) is 0 Å². The highest BCUT2D eigenvalue weighted by Crippen LogP contribution is 2.68. The number of anilines is 1. The maximum absolute atomic E-state index is 13.4. The third kappa shape index (κ3) is 1.33. The number of aliphatic hydroxyl groups excluding tert-OH is 3. The van der Waals surface area contributed by atoms with E-state index in [1.807, 2.05) is 0 Å². The molecule has 0 unspecified atom stereocenters. The van der Waals surface area contributed by atoms with Crippen molar-refractivity contribution in [2.45, 2.75) is 12.5 Å². The first-order valence-electron chi connectivity index (χ1n) is 6.38. The van der Waals surface area contributed by atoms with Crippen molar-refractivity contribution in [3.63, 3.8) is 0 Å². The monoisotopic (exact) mass is 293 g/mol. The van der Waals surface area contributed by atoms with Crippen LogP contribution in [0, 0.1) is 17.4 Å². The summed E-state index contributed by atoms with van der Waals surface area (Å²) >= 11 is 0. The molecule has 5 N–H and O–H groups in total. The Hall–Kier alpha value is -2.42. The van der Waals surface area contributed by atoms with E-state index < -0.39 is 17.5 Å². The lowest BCUT2D eigenvalue weighted by Crippen LogP contribution is -2.13. The van der Waals surface area contributed by atoms with Gasteiger partial charge in [-0.25, -0.2) is 4.98 Å². The number of aromatic nitrogens is 4. The molecule has 1 fully saturated rings. The lowest BCUT2D eigenvalue weighted by molar-refractivity contribution is 0.180. The minimum absolute atomic E-state index is 0.0915. The average Bonchev–Trinajstić information content (AvgIpc) is 2.97. The van der Waals surface area contributed by atoms with Gasteiger partial charge < -0.3 is 25.6 Å². The maximum atomic E-state index is 13.4. The van der Waals surface area contributed by atoms with Gasteiger partial charge in [-0.1, -0.05) is 0 Å². The van der Waals surface area contributed by atoms with Gasteiger partial charge in [0.05, 0.1) is 18.3 Å². The molecule has 2 aliphatic carbocycles. The molecule has 4 rings (SSSR count). The second-order valence-electron chi connectivity index (χ2n) is 5.51. The molecule has 0 aliphatic heterocycles. The van der Waals surface area contributed by atoms with Crippen molar-refractivity contribution in [2.75, 3.05) is 12.3 Å². The average molecular weight is 293 g/mol. The van der Waals surface area contributed by atoms with Crippen LogP contribution in [0.25, 0.3) is 11.2 Å². The Kier molecular flexibility index (Phi) is 2.12. The SMILES string of the molecule is Nc1nc(F)nc2c1ncn2[C@H]1C(O)=C(O)[C@]2(CO)C[C@H]12. The molecule has 3 atom stereocenters. The van der Waals surface area contributed by atoms with Crippen molar-refractivity contribution in [3.05, 3.63) is 23.9 Å². The predicted molar refractivity (Wildman–Crippen MR) is 68.6 cm³/mol. The smallest absolute Gasteiger partial charge is 0.312 e. The van der Waals surface area contributed by atoms with E-state index >= 15 is 0 Å². The first kappa shape index (κ1) is 12.3. The van der Waals surface area contributed by atoms with Crippen LogP contribution in [0.2, 0.25) is 0 Å². The summed E-state index contributed by atoms with van der Waals surface area (Å²) in [6, 6.07) is -0.643. The zero-order chi connectivity index (χ0) is 14.9. The van der Waals surface area contributed by atoms with E-state index in [0.717, 1.165) is 0 Å². The molecular formula is C12H12FN5O3. The highest BCUT2D eigenvalue weighted by molar-refractivity contribution is 5.81. The van der Waals surface area contributed by atoms with Crippen LogP contribution >= 0.6 is 0 Å². The molecule has 0 spiro atoms. The Bertz CT molecular complexity index is 804. The van der Waals surface area contributed by atoms with Crippen LogP contribution in [-0.2, 0) is 0 Å². The van der Waals surface area contributed by atoms with Crippen molar-refractivity contribution >= 4 is 17.0 Å². The number of rotatable bonds is 2. The van der Waals surface area contributed by atoms with E-state index in [4.69, 9.17) is 5.73 Å². The zero-order valence-electron chi connectivity index (χ0n) is 10.7. The Balaban J connectivity index is 1.90. The number of fused-ring (bicyclic) bond motifs is 2. The van der Waals surface area contributed by atoms with Crippen molar-refractivity contribution < 1.29 is 19.7 Å². The molecule has 8 nitrogen and oxygen atoms in total. The Morgan fingerprint density at radius 1 is 1.43 bits per heavy atom. The predicted octanol–water partition coefficient (Wildman–Crippen LogP) is 0.428. The summed E-state index contributed by atoms with van der Waals surface area (Å²) in [7, 11) is 0. The van der Waals surface area contributed by atoms with E-state index in [1.54, 1.807) is 0 Å². The van der Waals surface area contributed by atoms with Gasteiger partial charge >= 0.3 is 6.08 Å². The van der Waals surface area contributed by atoms with Crippen LogP contribution in [0.3, 0.4) is 0 Å². The van der Waals surface area contributed by atoms with Gasteiger partial charge in [-0.05, 0) is 6.42 Å². The molecule has 1 saturated carbocycles. The van der Waals surface area contributed by atoms with Crippen LogP contribution < -0.4 is 5.73 Å². The van der Waals surface area contributed by atoms with Crippen LogP contribution in [-0.4, -0.2) is 41.4 Å². The second-order valence-corrected chi connectivity index (χ2v) is 5.51. The molecule has 2 aromatic rings. The van der Waals surface area contributed by atoms with E-state index in [-0.39, 0.29) is 41.0 Å². The zero-order valence-corrected chi connectivity index (χ0v) is 10.7. The number of aliphatic hydroxyl groups is 3. The van der Waals surface area contributed by atoms with Gasteiger partial charge in [-0.15, -0.1) is 0 Å². The summed E-state index contributed by atoms with van der Waals surface area (Å²) < 4.78 is 14.8. The van der Waals surface area contributed by atoms with Crippen molar-refractivity contribution in [3.8, 4) is 0 Å². The molecule has 21 heavy (non-hydrogen) atoms. The number of nitrogens with two attached hydrogens (primary N) is 1. The Morgan fingerprint density at radius 2 is 2.19 bits per heavy atom. The van der Waals surface area contributed by atoms with Gasteiger partial charge in [0.15, 0.2) is 17.2 Å². The highest BCUT2D eigenvalue weighted by Gasteiger charge is 2.68. The van der Waals surface area contributed by atoms with Gasteiger partial charge in [0.1, 0.15) is 17.3 Å². The van der Waals surface area contributed by atoms with Crippen molar-refractivity contribution in [1.82, 2.24) is 19.5 Å². The van der Waals surface area contributed by atoms with Gasteiger partial charge in [0, 0.05) is 5.92 Å². The quantitative estimate of drug-likeness (QED) is 0.590. The molecule has 0 aromatic carbocycles. The molecule has 0 radical (unpaired) electrons. The number of halogens is 1. The number of nitrogens with zero attached hydrogens (tertiary/aromatic N) is 4. The first-order chi connectivity index (χ1) is 9.99. The maximum Gasteiger partial charge on any atom is 0.312 e. The van der Waals surface area contributed by atoms with Crippen LogP contribution in [0.5, 0.6) is 0 Å². The largest absolute Gasteiger partial charge is 0.508 e. The summed E-state index contributed by atoms with van der Waals surface area (Å²) in [5, 5.41) is 29.6. The molecular weight excluding hydrogens is 281 g/mol. The summed E-state index contributed by atoms with van der Waals surface area (Å²) in [6.45, 7) is -0.262. The highest BCUT2D eigenvalue weighted by atomic mass is 19.1. The number of imidazole rings is 1. The minimum atomic E-state index is -0.989. The molecule has 0 saturated heterocycles. The number of hydrogen-bond donors (Lipinski definition) is 4.